The summed E-state index contributed by atoms with van der Waals surface area (Å²) >= 11 is 0. The van der Waals surface area contributed by atoms with Crippen molar-refractivity contribution in [1.82, 2.24) is 19.8 Å². The van der Waals surface area contributed by atoms with Crippen LogP contribution in [0.15, 0.2) is 79.5 Å². The predicted octanol–water partition coefficient (Wildman–Crippen LogP) is 4.48. The van der Waals surface area contributed by atoms with E-state index >= 15 is 0 Å². The fourth-order valence-electron chi connectivity index (χ4n) is 4.68. The molecule has 0 atom stereocenters. The third-order valence-electron chi connectivity index (χ3n) is 7.00. The number of carbonyl (C=O) groups is 1. The van der Waals surface area contributed by atoms with Crippen molar-refractivity contribution in [2.24, 2.45) is 0 Å². The molecule has 9 heteroatoms. The van der Waals surface area contributed by atoms with Crippen molar-refractivity contribution >= 4 is 23.2 Å². The SMILES string of the molecule is C=CC(=O)N1CC(N(C)CCNc2cc3cc(c2)Nc2nccc(n2)-c2cccc(c2)OCC/C=C/COC3)C1. The average molecular weight is 541 g/mol. The molecule has 9 nitrogen and oxygen atoms in total. The van der Waals surface area contributed by atoms with Gasteiger partial charge in [0.05, 0.1) is 25.5 Å². The Kier molecular flexibility index (Phi) is 9.05. The van der Waals surface area contributed by atoms with E-state index in [2.05, 4.69) is 58.4 Å². The molecule has 2 aromatic carbocycles. The molecule has 208 valence electrons. The Hall–Kier alpha value is -4.21. The highest BCUT2D eigenvalue weighted by Crippen LogP contribution is 2.26. The lowest BCUT2D eigenvalue weighted by molar-refractivity contribution is -0.132. The van der Waals surface area contributed by atoms with Crippen molar-refractivity contribution in [3.63, 3.8) is 0 Å². The molecule has 5 rings (SSSR count). The van der Waals surface area contributed by atoms with E-state index in [0.717, 1.165) is 66.5 Å². The van der Waals surface area contributed by atoms with Crippen LogP contribution in [0.25, 0.3) is 11.3 Å². The van der Waals surface area contributed by atoms with E-state index in [1.54, 1.807) is 6.20 Å². The standard InChI is InChI=1S/C31H36N6O3/c1-3-30(38)37-20-27(21-37)36(2)13-12-32-25-16-23-17-26(19-25)34-31-33-11-10-29(35-31)24-8-7-9-28(18-24)40-15-6-4-5-14-39-22-23/h3-5,7-11,16-19,27,32H,1,6,12-15,20-22H2,2H3,(H,33,34,35)/b5-4+. The van der Waals surface area contributed by atoms with Gasteiger partial charge in [0.2, 0.25) is 11.9 Å². The van der Waals surface area contributed by atoms with Gasteiger partial charge in [-0.3, -0.25) is 9.69 Å². The van der Waals surface area contributed by atoms with Crippen molar-refractivity contribution in [2.45, 2.75) is 19.1 Å². The van der Waals surface area contributed by atoms with Gasteiger partial charge in [0.25, 0.3) is 0 Å². The molecule has 1 aromatic heterocycles. The zero-order valence-corrected chi connectivity index (χ0v) is 22.9. The van der Waals surface area contributed by atoms with E-state index in [4.69, 9.17) is 14.5 Å². The summed E-state index contributed by atoms with van der Waals surface area (Å²) in [5.74, 6) is 1.32. The Labute approximate surface area is 235 Å². The number of carbonyl (C=O) groups excluding carboxylic acids is 1. The number of rotatable bonds is 6. The Balaban J connectivity index is 1.29. The highest BCUT2D eigenvalue weighted by Gasteiger charge is 2.31. The maximum absolute atomic E-state index is 11.7. The second-order valence-electron chi connectivity index (χ2n) is 9.97. The molecule has 6 bridgehead atoms. The molecule has 3 aromatic rings. The summed E-state index contributed by atoms with van der Waals surface area (Å²) in [6.45, 7) is 8.26. The Bertz CT molecular complexity index is 1350. The third kappa shape index (κ3) is 7.25. The topological polar surface area (TPSA) is 91.9 Å². The lowest BCUT2D eigenvalue weighted by Crippen LogP contribution is -2.60. The fraction of sp³-hybridized carbons (Fsp3) is 0.323. The molecule has 2 aliphatic rings. The normalized spacial score (nSPS) is 16.5. The van der Waals surface area contributed by atoms with E-state index in [1.807, 2.05) is 41.3 Å². The molecule has 0 saturated carbocycles. The quantitative estimate of drug-likeness (QED) is 0.349. The minimum absolute atomic E-state index is 0.00222. The van der Waals surface area contributed by atoms with Gasteiger partial charge in [0, 0.05) is 55.4 Å². The van der Waals surface area contributed by atoms with E-state index in [0.29, 0.717) is 31.8 Å². The molecule has 40 heavy (non-hydrogen) atoms. The lowest BCUT2D eigenvalue weighted by Gasteiger charge is -2.43. The first-order valence-corrected chi connectivity index (χ1v) is 13.6. The van der Waals surface area contributed by atoms with Crippen molar-refractivity contribution in [3.8, 4) is 17.0 Å². The molecular formula is C31H36N6O3. The van der Waals surface area contributed by atoms with Crippen LogP contribution < -0.4 is 15.4 Å². The van der Waals surface area contributed by atoms with Crippen LogP contribution in [0.3, 0.4) is 0 Å². The number of likely N-dealkylation sites (N-methyl/N-ethyl adjacent to an activating group) is 1. The molecule has 1 fully saturated rings. The molecule has 1 saturated heterocycles. The Morgan fingerprint density at radius 1 is 1.23 bits per heavy atom. The number of nitrogens with one attached hydrogen (secondary N) is 2. The van der Waals surface area contributed by atoms with Gasteiger partial charge in [-0.15, -0.1) is 0 Å². The molecule has 2 aliphatic heterocycles. The summed E-state index contributed by atoms with van der Waals surface area (Å²) in [6.07, 6.45) is 8.05. The number of nitrogens with zero attached hydrogens (tertiary/aromatic N) is 4. The summed E-state index contributed by atoms with van der Waals surface area (Å²) in [7, 11) is 2.10. The summed E-state index contributed by atoms with van der Waals surface area (Å²) < 4.78 is 11.8. The van der Waals surface area contributed by atoms with E-state index in [-0.39, 0.29) is 5.91 Å². The lowest BCUT2D eigenvalue weighted by atomic mass is 10.1. The van der Waals surface area contributed by atoms with E-state index in [9.17, 15) is 4.79 Å². The van der Waals surface area contributed by atoms with Crippen LogP contribution in [0.2, 0.25) is 0 Å². The minimum atomic E-state index is -0.00222. The zero-order valence-electron chi connectivity index (χ0n) is 22.9. The van der Waals surface area contributed by atoms with Crippen molar-refractivity contribution < 1.29 is 14.3 Å². The van der Waals surface area contributed by atoms with Gasteiger partial charge >= 0.3 is 0 Å². The second kappa shape index (κ2) is 13.2. The number of benzene rings is 2. The van der Waals surface area contributed by atoms with Crippen LogP contribution in [-0.2, 0) is 16.1 Å². The number of hydrogen-bond donors (Lipinski definition) is 2. The molecule has 0 unspecified atom stereocenters. The van der Waals surface area contributed by atoms with Crippen LogP contribution >= 0.6 is 0 Å². The van der Waals surface area contributed by atoms with Gasteiger partial charge in [0.15, 0.2) is 0 Å². The first kappa shape index (κ1) is 27.4. The highest BCUT2D eigenvalue weighted by atomic mass is 16.5. The summed E-state index contributed by atoms with van der Waals surface area (Å²) in [6, 6.07) is 16.4. The molecule has 0 aliphatic carbocycles. The van der Waals surface area contributed by atoms with Gasteiger partial charge in [0.1, 0.15) is 5.75 Å². The maximum Gasteiger partial charge on any atom is 0.246 e. The van der Waals surface area contributed by atoms with Gasteiger partial charge in [-0.2, -0.15) is 0 Å². The number of anilines is 3. The summed E-state index contributed by atoms with van der Waals surface area (Å²) in [5, 5.41) is 6.92. The number of likely N-dealkylation sites (tertiary alicyclic amines) is 1. The van der Waals surface area contributed by atoms with Crippen molar-refractivity contribution in [3.05, 3.63) is 85.1 Å². The number of aromatic nitrogens is 2. The van der Waals surface area contributed by atoms with Gasteiger partial charge in [-0.05, 0) is 61.5 Å². The number of ether oxygens (including phenoxy) is 2. The molecule has 0 spiro atoms. The first-order valence-electron chi connectivity index (χ1n) is 13.6. The Morgan fingerprint density at radius 2 is 2.12 bits per heavy atom. The molecular weight excluding hydrogens is 504 g/mol. The number of fused-ring (bicyclic) bond motifs is 7. The number of amides is 1. The van der Waals surface area contributed by atoms with Crippen molar-refractivity contribution in [1.29, 1.82) is 0 Å². The van der Waals surface area contributed by atoms with E-state index in [1.165, 1.54) is 6.08 Å². The van der Waals surface area contributed by atoms with Gasteiger partial charge in [-0.25, -0.2) is 9.97 Å². The van der Waals surface area contributed by atoms with E-state index < -0.39 is 0 Å². The van der Waals surface area contributed by atoms with Crippen LogP contribution in [-0.4, -0.2) is 78.2 Å². The molecule has 0 radical (unpaired) electrons. The molecule has 3 heterocycles. The third-order valence-corrected chi connectivity index (χ3v) is 7.00. The van der Waals surface area contributed by atoms with Gasteiger partial charge in [-0.1, -0.05) is 30.9 Å². The summed E-state index contributed by atoms with van der Waals surface area (Å²) in [5.41, 5.74) is 4.69. The largest absolute Gasteiger partial charge is 0.493 e. The monoisotopic (exact) mass is 540 g/mol. The summed E-state index contributed by atoms with van der Waals surface area (Å²) in [4.78, 5) is 25.0. The van der Waals surface area contributed by atoms with Gasteiger partial charge < -0.3 is 25.0 Å². The maximum atomic E-state index is 11.7. The molecule has 1 amide bonds. The average Bonchev–Trinajstić information content (AvgIpc) is 2.93. The van der Waals surface area contributed by atoms with Crippen molar-refractivity contribution in [2.75, 3.05) is 57.1 Å². The highest BCUT2D eigenvalue weighted by molar-refractivity contribution is 5.87. The zero-order chi connectivity index (χ0) is 27.7. The smallest absolute Gasteiger partial charge is 0.246 e. The first-order chi connectivity index (χ1) is 19.6. The second-order valence-corrected chi connectivity index (χ2v) is 9.97. The van der Waals surface area contributed by atoms with Crippen LogP contribution in [0, 0.1) is 0 Å². The predicted molar refractivity (Wildman–Crippen MR) is 158 cm³/mol. The van der Waals surface area contributed by atoms with Crippen LogP contribution in [0.4, 0.5) is 17.3 Å². The fourth-order valence-corrected chi connectivity index (χ4v) is 4.68. The van der Waals surface area contributed by atoms with Crippen LogP contribution in [0.5, 0.6) is 5.75 Å². The number of hydrogen-bond acceptors (Lipinski definition) is 8. The van der Waals surface area contributed by atoms with Crippen LogP contribution in [0.1, 0.15) is 12.0 Å². The Morgan fingerprint density at radius 3 is 3.00 bits per heavy atom. The molecule has 2 N–H and O–H groups in total. The minimum Gasteiger partial charge on any atom is -0.493 e.